The van der Waals surface area contributed by atoms with Gasteiger partial charge in [0.1, 0.15) is 18.1 Å². The van der Waals surface area contributed by atoms with Crippen molar-refractivity contribution in [1.82, 2.24) is 16.0 Å². The highest BCUT2D eigenvalue weighted by Gasteiger charge is 2.32. The fourth-order valence-electron chi connectivity index (χ4n) is 3.37. The van der Waals surface area contributed by atoms with Crippen LogP contribution in [0.1, 0.15) is 46.1 Å². The molecule has 0 saturated heterocycles. The smallest absolute Gasteiger partial charge is 0.326 e. The first-order valence-corrected chi connectivity index (χ1v) is 11.5. The van der Waals surface area contributed by atoms with Gasteiger partial charge < -0.3 is 31.9 Å². The normalized spacial score (nSPS) is 14.5. The van der Waals surface area contributed by atoms with E-state index in [-0.39, 0.29) is 18.8 Å². The summed E-state index contributed by atoms with van der Waals surface area (Å²) in [7, 11) is 0. The third-order valence-electron chi connectivity index (χ3n) is 5.22. The molecule has 4 unspecified atom stereocenters. The fourth-order valence-corrected chi connectivity index (χ4v) is 3.37. The van der Waals surface area contributed by atoms with Crippen molar-refractivity contribution in [2.75, 3.05) is 0 Å². The summed E-state index contributed by atoms with van der Waals surface area (Å²) in [6, 6.07) is 4.30. The second-order valence-corrected chi connectivity index (χ2v) is 9.21. The zero-order valence-electron chi connectivity index (χ0n) is 20.5. The Kier molecular flexibility index (Phi) is 11.9. The molecule has 11 heteroatoms. The molecule has 1 aromatic carbocycles. The van der Waals surface area contributed by atoms with E-state index in [1.807, 2.05) is 44.2 Å². The maximum Gasteiger partial charge on any atom is 0.326 e. The van der Waals surface area contributed by atoms with E-state index in [1.165, 1.54) is 0 Å². The number of amides is 3. The van der Waals surface area contributed by atoms with Gasteiger partial charge >= 0.3 is 11.9 Å². The lowest BCUT2D eigenvalue weighted by atomic mass is 10.0. The summed E-state index contributed by atoms with van der Waals surface area (Å²) in [6.07, 6.45) is -0.308. The van der Waals surface area contributed by atoms with Crippen molar-refractivity contribution in [1.29, 1.82) is 0 Å². The number of aliphatic carboxylic acids is 2. The molecule has 0 aliphatic rings. The minimum Gasteiger partial charge on any atom is -0.481 e. The minimum absolute atomic E-state index is 0.0273. The van der Waals surface area contributed by atoms with Crippen molar-refractivity contribution in [2.24, 2.45) is 17.6 Å². The van der Waals surface area contributed by atoms with Gasteiger partial charge in [0, 0.05) is 0 Å². The Labute approximate surface area is 204 Å². The number of nitrogens with one attached hydrogen (secondary N) is 3. The van der Waals surface area contributed by atoms with Crippen LogP contribution in [0.3, 0.4) is 0 Å². The molecular weight excluding hydrogens is 456 g/mol. The van der Waals surface area contributed by atoms with Crippen LogP contribution in [0.4, 0.5) is 0 Å². The first-order chi connectivity index (χ1) is 16.3. The Bertz CT molecular complexity index is 889. The second-order valence-electron chi connectivity index (χ2n) is 9.21. The van der Waals surface area contributed by atoms with Gasteiger partial charge in [-0.25, -0.2) is 4.79 Å². The summed E-state index contributed by atoms with van der Waals surface area (Å²) in [4.78, 5) is 61.0. The van der Waals surface area contributed by atoms with Crippen LogP contribution in [0, 0.1) is 11.8 Å². The number of hydrogen-bond acceptors (Lipinski definition) is 6. The maximum absolute atomic E-state index is 13.0. The van der Waals surface area contributed by atoms with Crippen LogP contribution < -0.4 is 21.7 Å². The molecule has 3 amide bonds. The topological polar surface area (TPSA) is 188 Å². The number of carboxylic acids is 2. The quantitative estimate of drug-likeness (QED) is 0.213. The van der Waals surface area contributed by atoms with Crippen LogP contribution in [0.5, 0.6) is 0 Å². The van der Waals surface area contributed by atoms with E-state index in [1.54, 1.807) is 13.8 Å². The second kappa shape index (κ2) is 14.1. The highest BCUT2D eigenvalue weighted by molar-refractivity contribution is 5.95. The molecule has 0 saturated carbocycles. The summed E-state index contributed by atoms with van der Waals surface area (Å²) in [5.41, 5.74) is 6.86. The van der Waals surface area contributed by atoms with E-state index < -0.39 is 66.2 Å². The highest BCUT2D eigenvalue weighted by Crippen LogP contribution is 2.09. The Hall–Kier alpha value is -3.47. The molecule has 194 valence electrons. The lowest BCUT2D eigenvalue weighted by Crippen LogP contribution is -2.58. The fraction of sp³-hybridized carbons (Fsp3) is 0.542. The van der Waals surface area contributed by atoms with Gasteiger partial charge in [0.05, 0.1) is 12.5 Å². The van der Waals surface area contributed by atoms with Gasteiger partial charge in [-0.15, -0.1) is 0 Å². The van der Waals surface area contributed by atoms with Crippen molar-refractivity contribution in [3.8, 4) is 0 Å². The lowest BCUT2D eigenvalue weighted by Gasteiger charge is -2.26. The molecule has 0 aliphatic carbocycles. The molecule has 0 spiro atoms. The monoisotopic (exact) mass is 492 g/mol. The zero-order chi connectivity index (χ0) is 26.7. The molecule has 0 bridgehead atoms. The number of hydrogen-bond donors (Lipinski definition) is 6. The molecule has 4 atom stereocenters. The standard InChI is InChI=1S/C24H36N4O7/c1-13(2)10-17(26-21(31)16(25)11-15-8-6-5-7-9-15)22(32)27-18(12-19(29)30)23(33)28-20(14(3)4)24(34)35/h5-9,13-14,16-18,20H,10-12,25H2,1-4H3,(H,26,31)(H,27,32)(H,28,33)(H,29,30)(H,34,35). The third kappa shape index (κ3) is 10.6. The van der Waals surface area contributed by atoms with Gasteiger partial charge in [-0.05, 0) is 30.2 Å². The first-order valence-electron chi connectivity index (χ1n) is 11.5. The van der Waals surface area contributed by atoms with Crippen LogP contribution in [0.15, 0.2) is 30.3 Å². The molecule has 0 aromatic heterocycles. The van der Waals surface area contributed by atoms with Gasteiger partial charge in [-0.2, -0.15) is 0 Å². The van der Waals surface area contributed by atoms with Gasteiger partial charge in [-0.1, -0.05) is 58.0 Å². The van der Waals surface area contributed by atoms with Crippen LogP contribution in [-0.2, 0) is 30.4 Å². The van der Waals surface area contributed by atoms with Gasteiger partial charge in [0.2, 0.25) is 17.7 Å². The van der Waals surface area contributed by atoms with Crippen molar-refractivity contribution in [2.45, 2.75) is 71.1 Å². The average Bonchev–Trinajstić information content (AvgIpc) is 2.75. The number of carboxylic acid groups (broad SMARTS) is 2. The maximum atomic E-state index is 13.0. The molecule has 1 aromatic rings. The van der Waals surface area contributed by atoms with Crippen molar-refractivity contribution < 1.29 is 34.2 Å². The summed E-state index contributed by atoms with van der Waals surface area (Å²) < 4.78 is 0. The summed E-state index contributed by atoms with van der Waals surface area (Å²) >= 11 is 0. The first kappa shape index (κ1) is 29.6. The van der Waals surface area contributed by atoms with Gasteiger partial charge in [0.15, 0.2) is 0 Å². The predicted molar refractivity (Wildman–Crippen MR) is 128 cm³/mol. The minimum atomic E-state index is -1.54. The number of carbonyl (C=O) groups is 5. The van der Waals surface area contributed by atoms with E-state index in [2.05, 4.69) is 16.0 Å². The molecule has 0 aliphatic heterocycles. The van der Waals surface area contributed by atoms with Gasteiger partial charge in [-0.3, -0.25) is 19.2 Å². The van der Waals surface area contributed by atoms with Crippen LogP contribution >= 0.6 is 0 Å². The molecule has 0 radical (unpaired) electrons. The summed E-state index contributed by atoms with van der Waals surface area (Å²) in [5.74, 6) is -5.44. The largest absolute Gasteiger partial charge is 0.481 e. The molecule has 7 N–H and O–H groups in total. The highest BCUT2D eigenvalue weighted by atomic mass is 16.4. The number of benzene rings is 1. The summed E-state index contributed by atoms with van der Waals surface area (Å²) in [6.45, 7) is 6.82. The third-order valence-corrected chi connectivity index (χ3v) is 5.22. The van der Waals surface area contributed by atoms with E-state index in [0.29, 0.717) is 0 Å². The molecule has 0 heterocycles. The van der Waals surface area contributed by atoms with E-state index in [4.69, 9.17) is 5.73 Å². The lowest BCUT2D eigenvalue weighted by molar-refractivity contribution is -0.144. The number of rotatable bonds is 14. The van der Waals surface area contributed by atoms with Crippen LogP contribution in [0.2, 0.25) is 0 Å². The molecule has 0 fully saturated rings. The van der Waals surface area contributed by atoms with Crippen LogP contribution in [0.25, 0.3) is 0 Å². The van der Waals surface area contributed by atoms with Crippen LogP contribution in [-0.4, -0.2) is 64.0 Å². The van der Waals surface area contributed by atoms with E-state index in [9.17, 15) is 34.2 Å². The summed E-state index contributed by atoms with van der Waals surface area (Å²) in [5, 5.41) is 25.7. The molecule has 35 heavy (non-hydrogen) atoms. The van der Waals surface area contributed by atoms with E-state index >= 15 is 0 Å². The van der Waals surface area contributed by atoms with Gasteiger partial charge in [0.25, 0.3) is 0 Å². The molecule has 11 nitrogen and oxygen atoms in total. The zero-order valence-corrected chi connectivity index (χ0v) is 20.5. The molecule has 1 rings (SSSR count). The Morgan fingerprint density at radius 2 is 1.37 bits per heavy atom. The Morgan fingerprint density at radius 3 is 1.86 bits per heavy atom. The molecular formula is C24H36N4O7. The number of carbonyl (C=O) groups excluding carboxylic acids is 3. The predicted octanol–water partition coefficient (Wildman–Crippen LogP) is 0.272. The van der Waals surface area contributed by atoms with Crippen molar-refractivity contribution in [3.05, 3.63) is 35.9 Å². The number of nitrogens with two attached hydrogens (primary N) is 1. The van der Waals surface area contributed by atoms with Crippen molar-refractivity contribution in [3.63, 3.8) is 0 Å². The Balaban J connectivity index is 2.97. The average molecular weight is 493 g/mol. The van der Waals surface area contributed by atoms with E-state index in [0.717, 1.165) is 5.56 Å². The SMILES string of the molecule is CC(C)CC(NC(=O)C(N)Cc1ccccc1)C(=O)NC(CC(=O)O)C(=O)NC(C(=O)O)C(C)C. The Morgan fingerprint density at radius 1 is 0.829 bits per heavy atom. The van der Waals surface area contributed by atoms with Crippen molar-refractivity contribution >= 4 is 29.7 Å².